The Morgan fingerprint density at radius 3 is 2.73 bits per heavy atom. The van der Waals surface area contributed by atoms with E-state index >= 15 is 0 Å². The van der Waals surface area contributed by atoms with E-state index in [2.05, 4.69) is 33.6 Å². The van der Waals surface area contributed by atoms with E-state index < -0.39 is 0 Å². The van der Waals surface area contributed by atoms with Gasteiger partial charge in [-0.15, -0.1) is 10.2 Å². The number of carbonyl (C=O) groups is 1. The van der Waals surface area contributed by atoms with Crippen LogP contribution in [0.5, 0.6) is 0 Å². The number of carbonyl (C=O) groups excluding carboxylic acids is 1. The van der Waals surface area contributed by atoms with Crippen molar-refractivity contribution in [2.45, 2.75) is 64.3 Å². The number of hydrogen-bond donors (Lipinski definition) is 0. The molecular weight excluding hydrogens is 330 g/mol. The Bertz CT molecular complexity index is 582. The van der Waals surface area contributed by atoms with Gasteiger partial charge in [-0.25, -0.2) is 4.79 Å². The van der Waals surface area contributed by atoms with Crippen molar-refractivity contribution in [1.29, 1.82) is 0 Å². The van der Waals surface area contributed by atoms with E-state index in [-0.39, 0.29) is 12.0 Å². The molecule has 2 aliphatic heterocycles. The highest BCUT2D eigenvalue weighted by atomic mass is 16.6. The third kappa shape index (κ3) is 4.75. The van der Waals surface area contributed by atoms with Gasteiger partial charge in [0, 0.05) is 26.1 Å². The Balaban J connectivity index is 1.58. The van der Waals surface area contributed by atoms with Crippen LogP contribution in [0.3, 0.4) is 0 Å². The van der Waals surface area contributed by atoms with E-state index in [0.29, 0.717) is 13.2 Å². The van der Waals surface area contributed by atoms with Crippen LogP contribution in [0.15, 0.2) is 0 Å². The number of ether oxygens (including phenoxy) is 1. The highest BCUT2D eigenvalue weighted by molar-refractivity contribution is 5.67. The summed E-state index contributed by atoms with van der Waals surface area (Å²) in [5.41, 5.74) is 0. The van der Waals surface area contributed by atoms with Crippen LogP contribution in [0, 0.1) is 0 Å². The molecule has 1 aromatic heterocycles. The first-order valence-electron chi connectivity index (χ1n) is 10.2. The van der Waals surface area contributed by atoms with Crippen LogP contribution in [-0.2, 0) is 18.3 Å². The summed E-state index contributed by atoms with van der Waals surface area (Å²) < 4.78 is 7.52. The van der Waals surface area contributed by atoms with Gasteiger partial charge in [0.1, 0.15) is 11.6 Å². The quantitative estimate of drug-likeness (QED) is 0.727. The van der Waals surface area contributed by atoms with Crippen LogP contribution >= 0.6 is 0 Å². The van der Waals surface area contributed by atoms with Crippen molar-refractivity contribution in [2.75, 3.05) is 32.8 Å². The van der Waals surface area contributed by atoms with Gasteiger partial charge in [-0.1, -0.05) is 19.8 Å². The van der Waals surface area contributed by atoms with Crippen molar-refractivity contribution < 1.29 is 9.53 Å². The number of hydrogen-bond acceptors (Lipinski definition) is 5. The normalized spacial score (nSPS) is 21.8. The van der Waals surface area contributed by atoms with E-state index in [4.69, 9.17) is 4.74 Å². The van der Waals surface area contributed by atoms with Crippen molar-refractivity contribution in [3.63, 3.8) is 0 Å². The van der Waals surface area contributed by atoms with Gasteiger partial charge in [-0.2, -0.15) is 0 Å². The molecule has 0 bridgehead atoms. The molecule has 0 spiro atoms. The third-order valence-corrected chi connectivity index (χ3v) is 5.58. The van der Waals surface area contributed by atoms with Crippen LogP contribution in [0.4, 0.5) is 4.79 Å². The first-order valence-corrected chi connectivity index (χ1v) is 10.2. The van der Waals surface area contributed by atoms with Crippen LogP contribution in [0.25, 0.3) is 0 Å². The monoisotopic (exact) mass is 363 g/mol. The van der Waals surface area contributed by atoms with Crippen molar-refractivity contribution >= 4 is 6.09 Å². The van der Waals surface area contributed by atoms with E-state index in [1.54, 1.807) is 0 Å². The Kier molecular flexibility index (Phi) is 6.88. The number of likely N-dealkylation sites (tertiary alicyclic amines) is 2. The molecule has 0 unspecified atom stereocenters. The molecule has 7 heteroatoms. The minimum Gasteiger partial charge on any atom is -0.449 e. The number of rotatable bonds is 6. The number of piperidine rings is 2. The lowest BCUT2D eigenvalue weighted by Gasteiger charge is -2.31. The molecule has 0 saturated carbocycles. The average Bonchev–Trinajstić information content (AvgIpc) is 3.03. The summed E-state index contributed by atoms with van der Waals surface area (Å²) in [4.78, 5) is 16.6. The predicted octanol–water partition coefficient (Wildman–Crippen LogP) is 2.92. The number of aromatic nitrogens is 3. The fourth-order valence-corrected chi connectivity index (χ4v) is 3.93. The maximum Gasteiger partial charge on any atom is 0.409 e. The second-order valence-electron chi connectivity index (χ2n) is 7.62. The highest BCUT2D eigenvalue weighted by Gasteiger charge is 2.29. The molecule has 0 aliphatic carbocycles. The van der Waals surface area contributed by atoms with Gasteiger partial charge in [0.25, 0.3) is 0 Å². The molecule has 0 aromatic carbocycles. The smallest absolute Gasteiger partial charge is 0.409 e. The van der Waals surface area contributed by atoms with Gasteiger partial charge in [-0.05, 0) is 45.2 Å². The molecule has 2 fully saturated rings. The Morgan fingerprint density at radius 2 is 1.96 bits per heavy atom. The first kappa shape index (κ1) is 19.1. The largest absolute Gasteiger partial charge is 0.449 e. The van der Waals surface area contributed by atoms with E-state index in [9.17, 15) is 4.79 Å². The molecule has 26 heavy (non-hydrogen) atoms. The maximum absolute atomic E-state index is 12.3. The average molecular weight is 364 g/mol. The molecular formula is C19H33N5O2. The van der Waals surface area contributed by atoms with Gasteiger partial charge in [0.2, 0.25) is 0 Å². The summed E-state index contributed by atoms with van der Waals surface area (Å²) in [5, 5.41) is 8.93. The second kappa shape index (κ2) is 9.35. The van der Waals surface area contributed by atoms with E-state index in [1.165, 1.54) is 19.3 Å². The molecule has 1 atom stereocenters. The number of amides is 1. The van der Waals surface area contributed by atoms with Crippen molar-refractivity contribution in [3.05, 3.63) is 11.6 Å². The lowest BCUT2D eigenvalue weighted by molar-refractivity contribution is 0.0896. The molecule has 146 valence electrons. The number of nitrogens with zero attached hydrogens (tertiary/aromatic N) is 5. The van der Waals surface area contributed by atoms with Crippen molar-refractivity contribution in [2.24, 2.45) is 7.05 Å². The van der Waals surface area contributed by atoms with Crippen molar-refractivity contribution in [3.8, 4) is 0 Å². The highest BCUT2D eigenvalue weighted by Crippen LogP contribution is 2.26. The summed E-state index contributed by atoms with van der Waals surface area (Å²) >= 11 is 0. The zero-order valence-corrected chi connectivity index (χ0v) is 16.3. The Labute approximate surface area is 156 Å². The predicted molar refractivity (Wildman–Crippen MR) is 99.9 cm³/mol. The molecule has 0 radical (unpaired) electrons. The molecule has 3 rings (SSSR count). The van der Waals surface area contributed by atoms with Gasteiger partial charge >= 0.3 is 6.09 Å². The molecule has 2 aliphatic rings. The van der Waals surface area contributed by atoms with Crippen LogP contribution in [0.2, 0.25) is 0 Å². The lowest BCUT2D eigenvalue weighted by atomic mass is 9.97. The third-order valence-electron chi connectivity index (χ3n) is 5.58. The molecule has 0 N–H and O–H groups in total. The zero-order valence-electron chi connectivity index (χ0n) is 16.3. The minimum atomic E-state index is -0.182. The van der Waals surface area contributed by atoms with Gasteiger partial charge in [0.15, 0.2) is 0 Å². The van der Waals surface area contributed by atoms with Crippen molar-refractivity contribution in [1.82, 2.24) is 24.6 Å². The molecule has 1 amide bonds. The molecule has 2 saturated heterocycles. The topological polar surface area (TPSA) is 63.5 Å². The summed E-state index contributed by atoms with van der Waals surface area (Å²) in [6.45, 7) is 7.26. The maximum atomic E-state index is 12.3. The lowest BCUT2D eigenvalue weighted by Crippen LogP contribution is -2.40. The fourth-order valence-electron chi connectivity index (χ4n) is 3.93. The zero-order chi connectivity index (χ0) is 18.4. The molecule has 7 nitrogen and oxygen atoms in total. The van der Waals surface area contributed by atoms with E-state index in [0.717, 1.165) is 63.5 Å². The summed E-state index contributed by atoms with van der Waals surface area (Å²) in [5.74, 6) is 2.28. The standard InChI is InChI=1S/C19H33N5O2/c1-3-4-13-26-19(25)24-12-8-9-16(14-24)18-21-20-17(22(18)2)15-23-10-6-5-7-11-23/h16H,3-15H2,1-2H3/t16-/m0/s1. The summed E-state index contributed by atoms with van der Waals surface area (Å²) in [6, 6.07) is 0. The van der Waals surface area contributed by atoms with Crippen LogP contribution < -0.4 is 0 Å². The summed E-state index contributed by atoms with van der Waals surface area (Å²) in [7, 11) is 2.06. The molecule has 1 aromatic rings. The number of unbranched alkanes of at least 4 members (excludes halogenated alkanes) is 1. The van der Waals surface area contributed by atoms with E-state index in [1.807, 2.05) is 4.90 Å². The van der Waals surface area contributed by atoms with Crippen LogP contribution in [-0.4, -0.2) is 63.4 Å². The SMILES string of the molecule is CCCCOC(=O)N1CCC[C@H](c2nnc(CN3CCCCC3)n2C)C1. The first-order chi connectivity index (χ1) is 12.7. The van der Waals surface area contributed by atoms with Gasteiger partial charge < -0.3 is 14.2 Å². The fraction of sp³-hybridized carbons (Fsp3) is 0.842. The van der Waals surface area contributed by atoms with Gasteiger partial charge in [0.05, 0.1) is 13.2 Å². The Hall–Kier alpha value is -1.63. The van der Waals surface area contributed by atoms with Crippen LogP contribution in [0.1, 0.15) is 69.4 Å². The Morgan fingerprint density at radius 1 is 1.15 bits per heavy atom. The molecule has 3 heterocycles. The second-order valence-corrected chi connectivity index (χ2v) is 7.62. The minimum absolute atomic E-state index is 0.182. The summed E-state index contributed by atoms with van der Waals surface area (Å²) in [6.07, 6.45) is 7.72. The van der Waals surface area contributed by atoms with Gasteiger partial charge in [-0.3, -0.25) is 4.90 Å².